The molecule has 2 aromatic heterocycles. The van der Waals surface area contributed by atoms with Crippen LogP contribution < -0.4 is 15.4 Å². The fraction of sp³-hybridized carbons (Fsp3) is 0.362. The van der Waals surface area contributed by atoms with E-state index in [-0.39, 0.29) is 29.8 Å². The summed E-state index contributed by atoms with van der Waals surface area (Å²) >= 11 is 0. The molecule has 0 bridgehead atoms. The number of benzene rings is 4. The summed E-state index contributed by atoms with van der Waals surface area (Å²) in [6.07, 6.45) is 3.07. The number of carbonyl (C=O) groups is 4. The van der Waals surface area contributed by atoms with Gasteiger partial charge in [-0.1, -0.05) is 55.5 Å². The molecule has 9 rings (SSSR count). The molecule has 4 N–H and O–H groups in total. The van der Waals surface area contributed by atoms with Gasteiger partial charge in [-0.25, -0.2) is 19.6 Å². The minimum Gasteiger partial charge on any atom is -0.488 e. The molecule has 0 radical (unpaired) electrons. The topological polar surface area (TPSA) is 193 Å². The van der Waals surface area contributed by atoms with Crippen LogP contribution in [0.5, 0.6) is 5.75 Å². The van der Waals surface area contributed by atoms with E-state index in [4.69, 9.17) is 28.9 Å². The van der Waals surface area contributed by atoms with Crippen LogP contribution in [0.25, 0.3) is 44.2 Å². The molecule has 3 aliphatic heterocycles. The maximum atomic E-state index is 14.1. The Morgan fingerprint density at radius 3 is 2.46 bits per heavy atom. The lowest BCUT2D eigenvalue weighted by atomic mass is 9.92. The molecule has 0 spiro atoms. The lowest BCUT2D eigenvalue weighted by Gasteiger charge is -2.28. The number of nitrogens with zero attached hydrogens (tertiary/aromatic N) is 4. The summed E-state index contributed by atoms with van der Waals surface area (Å²) in [6, 6.07) is 21.5. The Labute approximate surface area is 363 Å². The average Bonchev–Trinajstić information content (AvgIpc) is 4.15. The third-order valence-corrected chi connectivity index (χ3v) is 12.5. The zero-order valence-electron chi connectivity index (χ0n) is 35.6. The summed E-state index contributed by atoms with van der Waals surface area (Å²) in [4.78, 5) is 72.7. The second-order valence-corrected chi connectivity index (χ2v) is 16.3. The lowest BCUT2D eigenvalue weighted by molar-refractivity contribution is -0.135. The van der Waals surface area contributed by atoms with Gasteiger partial charge in [0.05, 0.1) is 55.8 Å². The van der Waals surface area contributed by atoms with E-state index in [0.717, 1.165) is 68.3 Å². The molecule has 326 valence electrons. The smallest absolute Gasteiger partial charge is 0.407 e. The van der Waals surface area contributed by atoms with Crippen LogP contribution in [0.2, 0.25) is 0 Å². The molecule has 4 amide bonds. The summed E-state index contributed by atoms with van der Waals surface area (Å²) < 4.78 is 21.5. The van der Waals surface area contributed by atoms with Crippen molar-refractivity contribution in [3.05, 3.63) is 102 Å². The standard InChI is InChI=1S/C47H50N8O8/c1-5-34(51-46(58)61-3)44(56)55-23-26(24-60-2)18-38(55)42-48-22-36(50-42)29-13-15-31-30(19-29)25-63-39-21-32-28(20-33(31)39)14-16-35-41(32)52-43(49-35)37-12-9-17-54(37)45(57)40(53-47(59)62-4)27-10-7-6-8-11-27/h6-8,10-11,13-16,19-22,26,34,37-38,40H,5,9,12,17-18,23-25H2,1-4H3,(H,48,50)(H,49,52)(H,51,58)(H,53,59)/t26-,34-,37-,38-,40+/m0/s1. The minimum atomic E-state index is -0.906. The number of rotatable bonds is 11. The number of fused-ring (bicyclic) bond motifs is 6. The van der Waals surface area contributed by atoms with Crippen molar-refractivity contribution in [1.82, 2.24) is 40.4 Å². The third-order valence-electron chi connectivity index (χ3n) is 12.5. The Morgan fingerprint density at radius 2 is 1.68 bits per heavy atom. The van der Waals surface area contributed by atoms with Gasteiger partial charge in [-0.3, -0.25) is 9.59 Å². The SMILES string of the molecule is CC[C@H](NC(=O)OC)C(=O)N1C[C@@H](COC)C[C@H]1c1ncc(-c2ccc3c(c2)COc2cc4c(ccc5nc([C@@H]6CCCN6C(=O)[C@H](NC(=O)OC)c6ccccc6)[nH]c54)cc2-3)[nH]1. The summed E-state index contributed by atoms with van der Waals surface area (Å²) in [5.74, 6) is 1.82. The van der Waals surface area contributed by atoms with Gasteiger partial charge in [0.15, 0.2) is 0 Å². The molecule has 16 nitrogen and oxygen atoms in total. The molecule has 0 aliphatic carbocycles. The van der Waals surface area contributed by atoms with Gasteiger partial charge in [-0.05, 0) is 77.6 Å². The Kier molecular flexibility index (Phi) is 11.5. The number of hydrogen-bond donors (Lipinski definition) is 4. The van der Waals surface area contributed by atoms with Crippen LogP contribution in [-0.2, 0) is 30.4 Å². The third kappa shape index (κ3) is 7.90. The maximum absolute atomic E-state index is 14.1. The van der Waals surface area contributed by atoms with E-state index in [0.29, 0.717) is 56.4 Å². The number of aromatic nitrogens is 4. The average molecular weight is 855 g/mol. The van der Waals surface area contributed by atoms with Gasteiger partial charge >= 0.3 is 12.2 Å². The Morgan fingerprint density at radius 1 is 0.873 bits per heavy atom. The van der Waals surface area contributed by atoms with E-state index >= 15 is 0 Å². The lowest BCUT2D eigenvalue weighted by Crippen LogP contribution is -2.48. The molecule has 2 fully saturated rings. The summed E-state index contributed by atoms with van der Waals surface area (Å²) in [5, 5.41) is 7.37. The first-order valence-electron chi connectivity index (χ1n) is 21.3. The molecular formula is C47H50N8O8. The van der Waals surface area contributed by atoms with Crippen molar-refractivity contribution in [3.63, 3.8) is 0 Å². The molecular weight excluding hydrogens is 805 g/mol. The number of ether oxygens (including phenoxy) is 4. The molecule has 63 heavy (non-hydrogen) atoms. The van der Waals surface area contributed by atoms with Gasteiger partial charge in [0.25, 0.3) is 5.91 Å². The first-order chi connectivity index (χ1) is 30.7. The second-order valence-electron chi connectivity index (χ2n) is 16.3. The number of imidazole rings is 2. The first-order valence-corrected chi connectivity index (χ1v) is 21.3. The van der Waals surface area contributed by atoms with Crippen molar-refractivity contribution in [2.75, 3.05) is 41.0 Å². The van der Waals surface area contributed by atoms with Crippen LogP contribution in [-0.4, -0.2) is 101 Å². The van der Waals surface area contributed by atoms with Gasteiger partial charge in [-0.2, -0.15) is 0 Å². The van der Waals surface area contributed by atoms with E-state index in [1.807, 2.05) is 43.3 Å². The molecule has 4 aromatic carbocycles. The van der Waals surface area contributed by atoms with Crippen molar-refractivity contribution >= 4 is 45.8 Å². The van der Waals surface area contributed by atoms with Crippen molar-refractivity contribution in [2.24, 2.45) is 5.92 Å². The second kappa shape index (κ2) is 17.4. The predicted molar refractivity (Wildman–Crippen MR) is 233 cm³/mol. The maximum Gasteiger partial charge on any atom is 0.407 e. The number of aromatic amines is 2. The van der Waals surface area contributed by atoms with E-state index in [9.17, 15) is 19.2 Å². The van der Waals surface area contributed by atoms with Gasteiger partial charge in [0, 0.05) is 37.1 Å². The van der Waals surface area contributed by atoms with Crippen molar-refractivity contribution in [3.8, 4) is 28.1 Å². The largest absolute Gasteiger partial charge is 0.488 e. The molecule has 3 aliphatic rings. The van der Waals surface area contributed by atoms with E-state index in [1.165, 1.54) is 14.2 Å². The normalized spacial score (nSPS) is 19.0. The number of alkyl carbamates (subject to hydrolysis) is 2. The van der Waals surface area contributed by atoms with Crippen LogP contribution in [0.1, 0.15) is 73.5 Å². The Balaban J connectivity index is 0.965. The first kappa shape index (κ1) is 41.4. The minimum absolute atomic E-state index is 0.112. The fourth-order valence-corrected chi connectivity index (χ4v) is 9.40. The van der Waals surface area contributed by atoms with Crippen molar-refractivity contribution in [1.29, 1.82) is 0 Å². The molecule has 2 saturated heterocycles. The number of hydrogen-bond acceptors (Lipinski definition) is 10. The van der Waals surface area contributed by atoms with E-state index < -0.39 is 24.3 Å². The van der Waals surface area contributed by atoms with Crippen LogP contribution in [0, 0.1) is 5.92 Å². The highest BCUT2D eigenvalue weighted by atomic mass is 16.5. The number of methoxy groups -OCH3 is 3. The Bertz CT molecular complexity index is 2700. The van der Waals surface area contributed by atoms with Gasteiger partial charge in [0.1, 0.15) is 36.1 Å². The van der Waals surface area contributed by atoms with E-state index in [1.54, 1.807) is 23.1 Å². The molecule has 6 aromatic rings. The van der Waals surface area contributed by atoms with Crippen LogP contribution in [0.15, 0.2) is 79.0 Å². The highest BCUT2D eigenvalue weighted by molar-refractivity contribution is 6.07. The molecule has 5 atom stereocenters. The summed E-state index contributed by atoms with van der Waals surface area (Å²) in [6.45, 7) is 3.73. The molecule has 0 unspecified atom stereocenters. The summed E-state index contributed by atoms with van der Waals surface area (Å²) in [5.41, 5.74) is 7.14. The zero-order chi connectivity index (χ0) is 43.8. The van der Waals surface area contributed by atoms with Crippen molar-refractivity contribution in [2.45, 2.75) is 63.4 Å². The molecule has 0 saturated carbocycles. The van der Waals surface area contributed by atoms with Crippen LogP contribution >= 0.6 is 0 Å². The summed E-state index contributed by atoms with van der Waals surface area (Å²) in [7, 11) is 4.21. The van der Waals surface area contributed by atoms with Crippen LogP contribution in [0.3, 0.4) is 0 Å². The number of H-pyrrole nitrogens is 2. The fourth-order valence-electron chi connectivity index (χ4n) is 9.40. The quantitative estimate of drug-likeness (QED) is 0.105. The molecule has 16 heteroatoms. The van der Waals surface area contributed by atoms with Crippen molar-refractivity contribution < 1.29 is 38.1 Å². The highest BCUT2D eigenvalue weighted by Crippen LogP contribution is 2.44. The van der Waals surface area contributed by atoms with E-state index in [2.05, 4.69) is 57.0 Å². The van der Waals surface area contributed by atoms with Gasteiger partial charge in [-0.15, -0.1) is 0 Å². The van der Waals surface area contributed by atoms with Gasteiger partial charge < -0.3 is 49.3 Å². The Hall–Kier alpha value is -6.94. The number of amides is 4. The zero-order valence-corrected chi connectivity index (χ0v) is 35.6. The molecule has 5 heterocycles. The monoisotopic (exact) mass is 854 g/mol. The predicted octanol–water partition coefficient (Wildman–Crippen LogP) is 7.10. The van der Waals surface area contributed by atoms with Gasteiger partial charge in [0.2, 0.25) is 5.91 Å². The highest BCUT2D eigenvalue weighted by Gasteiger charge is 2.41. The number of nitrogens with one attached hydrogen (secondary N) is 4. The number of likely N-dealkylation sites (tertiary alicyclic amines) is 2. The number of carbonyl (C=O) groups excluding carboxylic acids is 4. The van der Waals surface area contributed by atoms with Crippen LogP contribution in [0.4, 0.5) is 9.59 Å².